The van der Waals surface area contributed by atoms with Crippen molar-refractivity contribution in [1.29, 1.82) is 0 Å². The molecule has 0 aromatic heterocycles. The van der Waals surface area contributed by atoms with Crippen LogP contribution in [0.3, 0.4) is 0 Å². The van der Waals surface area contributed by atoms with Crippen molar-refractivity contribution in [3.8, 4) is 0 Å². The second-order valence-corrected chi connectivity index (χ2v) is 5.44. The summed E-state index contributed by atoms with van der Waals surface area (Å²) in [6.45, 7) is 0.475. The summed E-state index contributed by atoms with van der Waals surface area (Å²) in [4.78, 5) is 13.2. The molecule has 0 radical (unpaired) electrons. The van der Waals surface area contributed by atoms with E-state index in [0.29, 0.717) is 18.3 Å². The molecule has 17 heavy (non-hydrogen) atoms. The Morgan fingerprint density at radius 2 is 2.18 bits per heavy atom. The molecule has 1 aromatic carbocycles. The maximum absolute atomic E-state index is 13.8. The topological polar surface area (TPSA) is 20.3 Å². The van der Waals surface area contributed by atoms with Gasteiger partial charge in [-0.15, -0.1) is 0 Å². The summed E-state index contributed by atoms with van der Waals surface area (Å²) in [5, 5.41) is 1.10. The van der Waals surface area contributed by atoms with Gasteiger partial charge in [-0.05, 0) is 18.1 Å². The molecule has 92 valence electrons. The van der Waals surface area contributed by atoms with Crippen molar-refractivity contribution < 1.29 is 9.18 Å². The highest BCUT2D eigenvalue weighted by Crippen LogP contribution is 2.35. The van der Waals surface area contributed by atoms with E-state index >= 15 is 0 Å². The van der Waals surface area contributed by atoms with Crippen LogP contribution in [0.5, 0.6) is 0 Å². The number of benzene rings is 1. The minimum absolute atomic E-state index is 0.113. The Hall–Kier alpha value is -0.320. The first-order valence-electron chi connectivity index (χ1n) is 5.03. The molecule has 1 aliphatic heterocycles. The molecule has 2 rings (SSSR count). The van der Waals surface area contributed by atoms with Gasteiger partial charge in [-0.1, -0.05) is 39.1 Å². The number of carbonyl (C=O) groups excluding carboxylic acids is 1. The molecular weight excluding hydrogens is 332 g/mol. The van der Waals surface area contributed by atoms with Crippen LogP contribution in [0.25, 0.3) is 0 Å². The highest BCUT2D eigenvalue weighted by atomic mass is 79.9. The van der Waals surface area contributed by atoms with E-state index in [-0.39, 0.29) is 27.6 Å². The van der Waals surface area contributed by atoms with Crippen molar-refractivity contribution in [1.82, 2.24) is 0 Å². The van der Waals surface area contributed by atoms with E-state index in [1.165, 1.54) is 11.0 Å². The summed E-state index contributed by atoms with van der Waals surface area (Å²) in [5.41, 5.74) is 0.129. The van der Waals surface area contributed by atoms with Crippen molar-refractivity contribution in [3.63, 3.8) is 0 Å². The number of alkyl halides is 1. The van der Waals surface area contributed by atoms with Crippen molar-refractivity contribution in [2.45, 2.75) is 6.42 Å². The Morgan fingerprint density at radius 3 is 2.71 bits per heavy atom. The lowest BCUT2D eigenvalue weighted by Gasteiger charge is -2.18. The zero-order chi connectivity index (χ0) is 12.6. The third kappa shape index (κ3) is 2.59. The number of nitrogens with zero attached hydrogens (tertiary/aromatic N) is 1. The van der Waals surface area contributed by atoms with Crippen LogP contribution in [0.4, 0.5) is 10.1 Å². The maximum Gasteiger partial charge on any atom is 0.227 e. The number of hydrogen-bond acceptors (Lipinski definition) is 1. The van der Waals surface area contributed by atoms with Crippen LogP contribution >= 0.6 is 39.1 Å². The van der Waals surface area contributed by atoms with Crippen LogP contribution < -0.4 is 4.90 Å². The molecule has 1 saturated heterocycles. The predicted molar refractivity (Wildman–Crippen MR) is 70.7 cm³/mol. The smallest absolute Gasteiger partial charge is 0.227 e. The summed E-state index contributed by atoms with van der Waals surface area (Å²) in [7, 11) is 0. The first-order chi connectivity index (χ1) is 8.02. The van der Waals surface area contributed by atoms with Gasteiger partial charge in [0.1, 0.15) is 5.82 Å². The number of rotatable bonds is 2. The second kappa shape index (κ2) is 5.12. The number of carbonyl (C=O) groups is 1. The number of halogens is 4. The van der Waals surface area contributed by atoms with Crippen LogP contribution in [0.1, 0.15) is 6.42 Å². The van der Waals surface area contributed by atoms with Gasteiger partial charge in [0.25, 0.3) is 0 Å². The normalized spacial score (nSPS) is 20.1. The molecule has 1 fully saturated rings. The molecule has 1 heterocycles. The fourth-order valence-electron chi connectivity index (χ4n) is 1.89. The van der Waals surface area contributed by atoms with Gasteiger partial charge >= 0.3 is 0 Å². The summed E-state index contributed by atoms with van der Waals surface area (Å²) >= 11 is 15.0. The van der Waals surface area contributed by atoms with Gasteiger partial charge in [-0.3, -0.25) is 4.79 Å². The molecule has 1 aliphatic rings. The lowest BCUT2D eigenvalue weighted by Crippen LogP contribution is -2.26. The highest BCUT2D eigenvalue weighted by Gasteiger charge is 2.32. The average Bonchev–Trinajstić information content (AvgIpc) is 2.59. The first-order valence-corrected chi connectivity index (χ1v) is 6.91. The Bertz CT molecular complexity index is 446. The third-order valence-electron chi connectivity index (χ3n) is 2.67. The van der Waals surface area contributed by atoms with E-state index in [0.717, 1.165) is 6.07 Å². The van der Waals surface area contributed by atoms with Gasteiger partial charge in [0.15, 0.2) is 0 Å². The van der Waals surface area contributed by atoms with E-state index in [4.69, 9.17) is 23.2 Å². The van der Waals surface area contributed by atoms with E-state index in [9.17, 15) is 9.18 Å². The molecule has 1 amide bonds. The van der Waals surface area contributed by atoms with Crippen LogP contribution in [0.15, 0.2) is 12.1 Å². The summed E-state index contributed by atoms with van der Waals surface area (Å²) in [5.74, 6) is -0.489. The average molecular weight is 341 g/mol. The summed E-state index contributed by atoms with van der Waals surface area (Å²) in [6.07, 6.45) is 0.406. The van der Waals surface area contributed by atoms with Crippen LogP contribution in [0.2, 0.25) is 10.0 Å². The number of hydrogen-bond donors (Lipinski definition) is 0. The Labute approximate surface area is 117 Å². The Kier molecular flexibility index (Phi) is 3.95. The van der Waals surface area contributed by atoms with Crippen LogP contribution in [0, 0.1) is 11.7 Å². The van der Waals surface area contributed by atoms with E-state index in [1.54, 1.807) is 0 Å². The molecule has 6 heteroatoms. The lowest BCUT2D eigenvalue weighted by atomic mass is 10.2. The largest absolute Gasteiger partial charge is 0.308 e. The molecule has 1 aromatic rings. The van der Waals surface area contributed by atoms with Crippen molar-refractivity contribution in [3.05, 3.63) is 28.0 Å². The summed E-state index contributed by atoms with van der Waals surface area (Å²) < 4.78 is 13.8. The molecule has 1 unspecified atom stereocenters. The first kappa shape index (κ1) is 13.1. The highest BCUT2D eigenvalue weighted by molar-refractivity contribution is 9.09. The van der Waals surface area contributed by atoms with Crippen LogP contribution in [-0.4, -0.2) is 17.8 Å². The minimum Gasteiger partial charge on any atom is -0.308 e. The third-order valence-corrected chi connectivity index (χ3v) is 4.10. The summed E-state index contributed by atoms with van der Waals surface area (Å²) in [6, 6.07) is 2.60. The molecule has 0 N–H and O–H groups in total. The predicted octanol–water partition coefficient (Wildman–Crippen LogP) is 3.88. The lowest BCUT2D eigenvalue weighted by molar-refractivity contribution is -0.117. The van der Waals surface area contributed by atoms with E-state index in [1.807, 2.05) is 0 Å². The quantitative estimate of drug-likeness (QED) is 0.748. The molecule has 0 saturated carbocycles. The molecule has 2 nitrogen and oxygen atoms in total. The fraction of sp³-hybridized carbons (Fsp3) is 0.364. The fourth-order valence-corrected chi connectivity index (χ4v) is 2.90. The zero-order valence-electron chi connectivity index (χ0n) is 8.72. The van der Waals surface area contributed by atoms with E-state index < -0.39 is 5.82 Å². The van der Waals surface area contributed by atoms with Gasteiger partial charge in [0.2, 0.25) is 5.91 Å². The molecule has 1 atom stereocenters. The van der Waals surface area contributed by atoms with Gasteiger partial charge in [-0.2, -0.15) is 0 Å². The Morgan fingerprint density at radius 1 is 1.47 bits per heavy atom. The van der Waals surface area contributed by atoms with Gasteiger partial charge < -0.3 is 4.90 Å². The van der Waals surface area contributed by atoms with Crippen molar-refractivity contribution in [2.75, 3.05) is 16.8 Å². The van der Waals surface area contributed by atoms with Crippen LogP contribution in [-0.2, 0) is 4.79 Å². The number of anilines is 1. The monoisotopic (exact) mass is 339 g/mol. The Balaban J connectivity index is 2.38. The number of amides is 1. The standard InChI is InChI=1S/C11H9BrCl2FNO/c12-4-6-1-10(17)16(5-6)11-8(14)2-7(13)3-9(11)15/h2-3,6H,1,4-5H2. The minimum atomic E-state index is -0.564. The maximum atomic E-state index is 13.8. The van der Waals surface area contributed by atoms with Gasteiger partial charge in [0, 0.05) is 23.3 Å². The van der Waals surface area contributed by atoms with E-state index in [2.05, 4.69) is 15.9 Å². The van der Waals surface area contributed by atoms with Gasteiger partial charge in [-0.25, -0.2) is 4.39 Å². The molecular formula is C11H9BrCl2FNO. The van der Waals surface area contributed by atoms with Gasteiger partial charge in [0.05, 0.1) is 10.7 Å². The SMILES string of the molecule is O=C1CC(CBr)CN1c1c(F)cc(Cl)cc1Cl. The zero-order valence-corrected chi connectivity index (χ0v) is 11.8. The molecule has 0 aliphatic carbocycles. The molecule has 0 spiro atoms. The second-order valence-electron chi connectivity index (χ2n) is 3.95. The van der Waals surface area contributed by atoms with Crippen molar-refractivity contribution in [2.24, 2.45) is 5.92 Å². The van der Waals surface area contributed by atoms with Crippen molar-refractivity contribution >= 4 is 50.7 Å². The molecule has 0 bridgehead atoms.